The van der Waals surface area contributed by atoms with Gasteiger partial charge in [-0.1, -0.05) is 58.0 Å². The molecule has 2 atom stereocenters. The Bertz CT molecular complexity index is 815. The number of hydrogen-bond acceptors (Lipinski definition) is 3. The lowest BCUT2D eigenvalue weighted by Gasteiger charge is -2.23. The first-order valence-corrected chi connectivity index (χ1v) is 10.3. The molecule has 2 aromatic rings. The number of hydrogen-bond donors (Lipinski definition) is 3. The molecule has 2 amide bonds. The first kappa shape index (κ1) is 22.6. The number of rotatable bonds is 9. The van der Waals surface area contributed by atoms with Gasteiger partial charge in [0.1, 0.15) is 0 Å². The Morgan fingerprint density at radius 2 is 1.62 bits per heavy atom. The van der Waals surface area contributed by atoms with E-state index in [1.165, 1.54) is 11.1 Å². The van der Waals surface area contributed by atoms with Gasteiger partial charge in [-0.25, -0.2) is 0 Å². The van der Waals surface area contributed by atoms with E-state index in [1.54, 1.807) is 31.3 Å². The summed E-state index contributed by atoms with van der Waals surface area (Å²) >= 11 is 0. The molecule has 0 aromatic heterocycles. The molecule has 0 aliphatic rings. The Kier molecular flexibility index (Phi) is 8.40. The maximum absolute atomic E-state index is 12.4. The average molecular weight is 396 g/mol. The topological polar surface area (TPSA) is 70.2 Å². The van der Waals surface area contributed by atoms with Gasteiger partial charge in [0.25, 0.3) is 5.91 Å². The second-order valence-electron chi connectivity index (χ2n) is 7.79. The first-order valence-electron chi connectivity index (χ1n) is 10.3. The van der Waals surface area contributed by atoms with E-state index in [9.17, 15) is 9.59 Å². The molecule has 156 valence electrons. The van der Waals surface area contributed by atoms with Gasteiger partial charge in [0.05, 0.1) is 6.54 Å². The van der Waals surface area contributed by atoms with Crippen LogP contribution < -0.4 is 16.0 Å². The van der Waals surface area contributed by atoms with Gasteiger partial charge in [0.15, 0.2) is 0 Å². The number of anilines is 1. The molecule has 0 saturated heterocycles. The van der Waals surface area contributed by atoms with Gasteiger partial charge in [0, 0.05) is 24.3 Å². The van der Waals surface area contributed by atoms with Crippen molar-refractivity contribution in [2.24, 2.45) is 5.92 Å². The summed E-state index contributed by atoms with van der Waals surface area (Å²) in [6.07, 6.45) is 1.12. The SMILES string of the molecule is CC[C@@H](C)c1ccc([C@@H](NCC(=O)Nc2cccc(C(=O)NC)c2)C(C)C)cc1. The summed E-state index contributed by atoms with van der Waals surface area (Å²) in [4.78, 5) is 24.2. The van der Waals surface area contributed by atoms with E-state index in [0.717, 1.165) is 6.42 Å². The van der Waals surface area contributed by atoms with Crippen molar-refractivity contribution in [3.8, 4) is 0 Å². The third-order valence-electron chi connectivity index (χ3n) is 5.26. The Labute approximate surface area is 174 Å². The van der Waals surface area contributed by atoms with Crippen LogP contribution in [0.5, 0.6) is 0 Å². The molecule has 0 heterocycles. The van der Waals surface area contributed by atoms with Crippen LogP contribution in [0.4, 0.5) is 5.69 Å². The second kappa shape index (κ2) is 10.8. The normalized spacial score (nSPS) is 13.0. The number of benzene rings is 2. The molecule has 0 aliphatic carbocycles. The van der Waals surface area contributed by atoms with Crippen LogP contribution in [0.1, 0.15) is 67.6 Å². The van der Waals surface area contributed by atoms with Gasteiger partial charge in [-0.3, -0.25) is 9.59 Å². The summed E-state index contributed by atoms with van der Waals surface area (Å²) < 4.78 is 0. The molecule has 29 heavy (non-hydrogen) atoms. The Balaban J connectivity index is 2.00. The van der Waals surface area contributed by atoms with Crippen molar-refractivity contribution in [3.63, 3.8) is 0 Å². The van der Waals surface area contributed by atoms with Gasteiger partial charge in [-0.2, -0.15) is 0 Å². The highest BCUT2D eigenvalue weighted by Crippen LogP contribution is 2.25. The quantitative estimate of drug-likeness (QED) is 0.586. The minimum absolute atomic E-state index is 0.0870. The van der Waals surface area contributed by atoms with Crippen LogP contribution in [0.25, 0.3) is 0 Å². The molecule has 0 bridgehead atoms. The van der Waals surface area contributed by atoms with E-state index in [-0.39, 0.29) is 24.4 Å². The largest absolute Gasteiger partial charge is 0.355 e. The zero-order valence-electron chi connectivity index (χ0n) is 18.1. The van der Waals surface area contributed by atoms with Crippen LogP contribution >= 0.6 is 0 Å². The Morgan fingerprint density at radius 1 is 0.966 bits per heavy atom. The molecular weight excluding hydrogens is 362 g/mol. The predicted octanol–water partition coefficient (Wildman–Crippen LogP) is 4.49. The summed E-state index contributed by atoms with van der Waals surface area (Å²) in [7, 11) is 1.58. The lowest BCUT2D eigenvalue weighted by atomic mass is 9.92. The van der Waals surface area contributed by atoms with Crippen molar-refractivity contribution in [2.75, 3.05) is 18.9 Å². The summed E-state index contributed by atoms with van der Waals surface area (Å²) in [5.41, 5.74) is 3.64. The van der Waals surface area contributed by atoms with Gasteiger partial charge in [0.2, 0.25) is 5.91 Å². The van der Waals surface area contributed by atoms with Gasteiger partial charge >= 0.3 is 0 Å². The van der Waals surface area contributed by atoms with Gasteiger partial charge in [-0.15, -0.1) is 0 Å². The van der Waals surface area contributed by atoms with Crippen LogP contribution in [0.3, 0.4) is 0 Å². The fourth-order valence-corrected chi connectivity index (χ4v) is 3.30. The molecule has 5 nitrogen and oxygen atoms in total. The van der Waals surface area contributed by atoms with Crippen molar-refractivity contribution < 1.29 is 9.59 Å². The second-order valence-corrected chi connectivity index (χ2v) is 7.79. The van der Waals surface area contributed by atoms with Crippen molar-refractivity contribution in [3.05, 3.63) is 65.2 Å². The van der Waals surface area contributed by atoms with Crippen LogP contribution in [-0.4, -0.2) is 25.4 Å². The van der Waals surface area contributed by atoms with Crippen LogP contribution in [-0.2, 0) is 4.79 Å². The van der Waals surface area contributed by atoms with E-state index in [1.807, 2.05) is 0 Å². The highest BCUT2D eigenvalue weighted by atomic mass is 16.2. The van der Waals surface area contributed by atoms with Crippen LogP contribution in [0.15, 0.2) is 48.5 Å². The minimum Gasteiger partial charge on any atom is -0.355 e. The van der Waals surface area contributed by atoms with E-state index in [2.05, 4.69) is 67.9 Å². The predicted molar refractivity (Wildman–Crippen MR) is 119 cm³/mol. The van der Waals surface area contributed by atoms with E-state index in [4.69, 9.17) is 0 Å². The van der Waals surface area contributed by atoms with Crippen LogP contribution in [0.2, 0.25) is 0 Å². The lowest BCUT2D eigenvalue weighted by Crippen LogP contribution is -2.33. The molecule has 0 unspecified atom stereocenters. The molecular formula is C24H33N3O2. The zero-order valence-corrected chi connectivity index (χ0v) is 18.1. The van der Waals surface area contributed by atoms with Crippen molar-refractivity contribution in [1.29, 1.82) is 0 Å². The van der Waals surface area contributed by atoms with E-state index < -0.39 is 0 Å². The summed E-state index contributed by atoms with van der Waals surface area (Å²) in [6.45, 7) is 8.91. The fraction of sp³-hybridized carbons (Fsp3) is 0.417. The highest BCUT2D eigenvalue weighted by molar-refractivity contribution is 5.97. The molecule has 2 rings (SSSR count). The van der Waals surface area contributed by atoms with Crippen molar-refractivity contribution >= 4 is 17.5 Å². The highest BCUT2D eigenvalue weighted by Gasteiger charge is 2.17. The Hall–Kier alpha value is -2.66. The maximum Gasteiger partial charge on any atom is 0.251 e. The molecule has 0 radical (unpaired) electrons. The average Bonchev–Trinajstić information content (AvgIpc) is 2.73. The molecule has 2 aromatic carbocycles. The smallest absolute Gasteiger partial charge is 0.251 e. The number of carbonyl (C=O) groups excluding carboxylic acids is 2. The summed E-state index contributed by atoms with van der Waals surface area (Å²) in [6, 6.07) is 15.7. The minimum atomic E-state index is -0.181. The van der Waals surface area contributed by atoms with Crippen molar-refractivity contribution in [2.45, 2.75) is 46.1 Å². The first-order chi connectivity index (χ1) is 13.8. The number of amides is 2. The third-order valence-corrected chi connectivity index (χ3v) is 5.26. The maximum atomic E-state index is 12.4. The Morgan fingerprint density at radius 3 is 2.21 bits per heavy atom. The zero-order chi connectivity index (χ0) is 21.4. The summed E-state index contributed by atoms with van der Waals surface area (Å²) in [5, 5.41) is 8.82. The lowest BCUT2D eigenvalue weighted by molar-refractivity contribution is -0.115. The van der Waals surface area contributed by atoms with E-state index >= 15 is 0 Å². The van der Waals surface area contributed by atoms with Crippen LogP contribution in [0, 0.1) is 5.92 Å². The molecule has 0 aliphatic heterocycles. The number of nitrogens with one attached hydrogen (secondary N) is 3. The monoisotopic (exact) mass is 395 g/mol. The standard InChI is InChI=1S/C24H33N3O2/c1-6-17(4)18-10-12-19(13-11-18)23(16(2)3)26-15-22(28)27-21-9-7-8-20(14-21)24(29)25-5/h7-14,16-17,23,26H,6,15H2,1-5H3,(H,25,29)(H,27,28)/t17-,23+/m1/s1. The number of carbonyl (C=O) groups is 2. The van der Waals surface area contributed by atoms with Gasteiger partial charge in [-0.05, 0) is 47.6 Å². The molecule has 5 heteroatoms. The molecule has 0 spiro atoms. The van der Waals surface area contributed by atoms with Gasteiger partial charge < -0.3 is 16.0 Å². The summed E-state index contributed by atoms with van der Waals surface area (Å²) in [5.74, 6) is 0.570. The fourth-order valence-electron chi connectivity index (χ4n) is 3.30. The molecule has 3 N–H and O–H groups in total. The molecule has 0 fully saturated rings. The van der Waals surface area contributed by atoms with Crippen molar-refractivity contribution in [1.82, 2.24) is 10.6 Å². The third kappa shape index (κ3) is 6.43. The molecule has 0 saturated carbocycles. The van der Waals surface area contributed by atoms with E-state index in [0.29, 0.717) is 23.1 Å².